The first-order valence-corrected chi connectivity index (χ1v) is 7.96. The highest BCUT2D eigenvalue weighted by molar-refractivity contribution is 7.84. The molecule has 0 aromatic carbocycles. The minimum atomic E-state index is -0.759. The lowest BCUT2D eigenvalue weighted by Crippen LogP contribution is -2.43. The first-order valence-electron chi connectivity index (χ1n) is 6.47. The van der Waals surface area contributed by atoms with Gasteiger partial charge in [-0.05, 0) is 13.3 Å². The molecule has 0 aliphatic rings. The van der Waals surface area contributed by atoms with E-state index < -0.39 is 10.8 Å². The molecule has 0 fully saturated rings. The van der Waals surface area contributed by atoms with Gasteiger partial charge in [-0.1, -0.05) is 26.7 Å². The van der Waals surface area contributed by atoms with Gasteiger partial charge in [0.2, 0.25) is 5.91 Å². The van der Waals surface area contributed by atoms with E-state index in [0.29, 0.717) is 18.1 Å². The lowest BCUT2D eigenvalue weighted by atomic mass is 10.2. The predicted octanol–water partition coefficient (Wildman–Crippen LogP) is 1.04. The monoisotopic (exact) mass is 262 g/mol. The van der Waals surface area contributed by atoms with Gasteiger partial charge in [-0.3, -0.25) is 9.00 Å². The maximum absolute atomic E-state index is 11.6. The lowest BCUT2D eigenvalue weighted by Gasteiger charge is -2.13. The summed E-state index contributed by atoms with van der Waals surface area (Å²) >= 11 is 0. The molecule has 2 N–H and O–H groups in total. The van der Waals surface area contributed by atoms with E-state index in [9.17, 15) is 9.00 Å². The van der Waals surface area contributed by atoms with Crippen LogP contribution >= 0.6 is 0 Å². The van der Waals surface area contributed by atoms with Gasteiger partial charge in [0, 0.05) is 35.4 Å². The Balaban J connectivity index is 3.56. The summed E-state index contributed by atoms with van der Waals surface area (Å²) in [4.78, 5) is 11.6. The number of nitrogens with one attached hydrogen (secondary N) is 2. The van der Waals surface area contributed by atoms with Gasteiger partial charge in [0.05, 0.1) is 6.04 Å². The third-order valence-corrected chi connectivity index (χ3v) is 3.88. The van der Waals surface area contributed by atoms with Gasteiger partial charge in [-0.2, -0.15) is 0 Å². The quantitative estimate of drug-likeness (QED) is 0.578. The van der Waals surface area contributed by atoms with Crippen LogP contribution in [0.2, 0.25) is 0 Å². The van der Waals surface area contributed by atoms with Crippen molar-refractivity contribution in [1.29, 1.82) is 0 Å². The number of amides is 1. The summed E-state index contributed by atoms with van der Waals surface area (Å²) < 4.78 is 11.2. The van der Waals surface area contributed by atoms with Gasteiger partial charge in [0.1, 0.15) is 0 Å². The van der Waals surface area contributed by atoms with E-state index in [-0.39, 0.29) is 11.9 Å². The molecule has 0 aromatic rings. The third kappa shape index (κ3) is 9.30. The molecular weight excluding hydrogens is 236 g/mol. The Bertz CT molecular complexity index is 235. The average Bonchev–Trinajstić information content (AvgIpc) is 2.33. The van der Waals surface area contributed by atoms with Gasteiger partial charge in [-0.25, -0.2) is 0 Å². The van der Waals surface area contributed by atoms with E-state index in [0.717, 1.165) is 25.8 Å². The Morgan fingerprint density at radius 1 is 1.24 bits per heavy atom. The molecular formula is C12H26N2O2S. The van der Waals surface area contributed by atoms with Gasteiger partial charge < -0.3 is 10.6 Å². The number of hydrogen-bond acceptors (Lipinski definition) is 3. The minimum Gasteiger partial charge on any atom is -0.355 e. The van der Waals surface area contributed by atoms with Crippen LogP contribution in [0.5, 0.6) is 0 Å². The van der Waals surface area contributed by atoms with Crippen LogP contribution in [0.15, 0.2) is 0 Å². The summed E-state index contributed by atoms with van der Waals surface area (Å²) in [6.45, 7) is 7.26. The molecule has 0 radical (unpaired) electrons. The Hall–Kier alpha value is -0.420. The molecule has 17 heavy (non-hydrogen) atoms. The second kappa shape index (κ2) is 10.7. The highest BCUT2D eigenvalue weighted by Crippen LogP contribution is 1.92. The SMILES string of the molecule is CCCCCNC(=O)C(C)NCCS(=O)CC. The first-order chi connectivity index (χ1) is 8.11. The van der Waals surface area contributed by atoms with Crippen LogP contribution in [0.1, 0.15) is 40.0 Å². The van der Waals surface area contributed by atoms with Gasteiger partial charge in [0.25, 0.3) is 0 Å². The van der Waals surface area contributed by atoms with Crippen molar-refractivity contribution in [2.24, 2.45) is 0 Å². The molecule has 0 spiro atoms. The molecule has 0 aliphatic carbocycles. The summed E-state index contributed by atoms with van der Waals surface area (Å²) in [5.41, 5.74) is 0. The fourth-order valence-electron chi connectivity index (χ4n) is 1.37. The highest BCUT2D eigenvalue weighted by atomic mass is 32.2. The summed E-state index contributed by atoms with van der Waals surface area (Å²) in [6.07, 6.45) is 3.35. The summed E-state index contributed by atoms with van der Waals surface area (Å²) in [5, 5.41) is 5.98. The van der Waals surface area contributed by atoms with E-state index in [1.165, 1.54) is 0 Å². The number of hydrogen-bond donors (Lipinski definition) is 2. The fourth-order valence-corrected chi connectivity index (χ4v) is 2.00. The molecule has 0 saturated carbocycles. The smallest absolute Gasteiger partial charge is 0.236 e. The second-order valence-electron chi connectivity index (χ2n) is 4.11. The average molecular weight is 262 g/mol. The van der Waals surface area contributed by atoms with Crippen molar-refractivity contribution in [3.8, 4) is 0 Å². The van der Waals surface area contributed by atoms with E-state index in [1.807, 2.05) is 13.8 Å². The van der Waals surface area contributed by atoms with Crippen molar-refractivity contribution in [3.63, 3.8) is 0 Å². The number of rotatable bonds is 10. The van der Waals surface area contributed by atoms with Crippen LogP contribution < -0.4 is 10.6 Å². The number of carbonyl (C=O) groups excluding carboxylic acids is 1. The summed E-state index contributed by atoms with van der Waals surface area (Å²) in [6, 6.07) is -0.203. The zero-order valence-corrected chi connectivity index (χ0v) is 12.1. The van der Waals surface area contributed by atoms with Gasteiger partial charge in [-0.15, -0.1) is 0 Å². The molecule has 5 heteroatoms. The molecule has 102 valence electrons. The van der Waals surface area contributed by atoms with Gasteiger partial charge in [0.15, 0.2) is 0 Å². The maximum Gasteiger partial charge on any atom is 0.236 e. The van der Waals surface area contributed by atoms with Crippen LogP contribution in [-0.2, 0) is 15.6 Å². The molecule has 0 rings (SSSR count). The van der Waals surface area contributed by atoms with Crippen LogP contribution in [0.25, 0.3) is 0 Å². The molecule has 0 bridgehead atoms. The highest BCUT2D eigenvalue weighted by Gasteiger charge is 2.10. The van der Waals surface area contributed by atoms with Crippen molar-refractivity contribution in [3.05, 3.63) is 0 Å². The van der Waals surface area contributed by atoms with Crippen molar-refractivity contribution >= 4 is 16.7 Å². The molecule has 0 heterocycles. The normalized spacial score (nSPS) is 14.3. The van der Waals surface area contributed by atoms with Crippen LogP contribution in [0.4, 0.5) is 0 Å². The van der Waals surface area contributed by atoms with Crippen LogP contribution in [0, 0.1) is 0 Å². The molecule has 2 unspecified atom stereocenters. The first kappa shape index (κ1) is 16.6. The Kier molecular flexibility index (Phi) is 10.5. The van der Waals surface area contributed by atoms with E-state index in [2.05, 4.69) is 17.6 Å². The second-order valence-corrected chi connectivity index (χ2v) is 5.97. The van der Waals surface area contributed by atoms with E-state index in [1.54, 1.807) is 0 Å². The Labute approximate surface area is 107 Å². The molecule has 4 nitrogen and oxygen atoms in total. The summed E-state index contributed by atoms with van der Waals surface area (Å²) in [5.74, 6) is 1.33. The molecule has 2 atom stereocenters. The third-order valence-electron chi connectivity index (χ3n) is 2.58. The predicted molar refractivity (Wildman–Crippen MR) is 73.5 cm³/mol. The number of unbranched alkanes of at least 4 members (excludes halogenated alkanes) is 2. The zero-order chi connectivity index (χ0) is 13.1. The fraction of sp³-hybridized carbons (Fsp3) is 0.917. The maximum atomic E-state index is 11.6. The van der Waals surface area contributed by atoms with Crippen molar-refractivity contribution in [1.82, 2.24) is 10.6 Å². The molecule has 0 saturated heterocycles. The summed E-state index contributed by atoms with van der Waals surface area (Å²) in [7, 11) is -0.759. The van der Waals surface area contributed by atoms with Crippen LogP contribution in [-0.4, -0.2) is 40.8 Å². The van der Waals surface area contributed by atoms with Gasteiger partial charge >= 0.3 is 0 Å². The number of carbonyl (C=O) groups is 1. The minimum absolute atomic E-state index is 0.0309. The van der Waals surface area contributed by atoms with Crippen molar-refractivity contribution in [2.75, 3.05) is 24.6 Å². The standard InChI is InChI=1S/C12H26N2O2S/c1-4-6-7-8-14-12(15)11(3)13-9-10-17(16)5-2/h11,13H,4-10H2,1-3H3,(H,14,15). The topological polar surface area (TPSA) is 58.2 Å². The molecule has 1 amide bonds. The zero-order valence-electron chi connectivity index (χ0n) is 11.3. The van der Waals surface area contributed by atoms with E-state index >= 15 is 0 Å². The van der Waals surface area contributed by atoms with Crippen molar-refractivity contribution in [2.45, 2.75) is 46.1 Å². The van der Waals surface area contributed by atoms with Crippen LogP contribution in [0.3, 0.4) is 0 Å². The largest absolute Gasteiger partial charge is 0.355 e. The lowest BCUT2D eigenvalue weighted by molar-refractivity contribution is -0.122. The molecule has 0 aromatic heterocycles. The molecule has 0 aliphatic heterocycles. The van der Waals surface area contributed by atoms with Crippen molar-refractivity contribution < 1.29 is 9.00 Å². The Morgan fingerprint density at radius 3 is 2.53 bits per heavy atom. The Morgan fingerprint density at radius 2 is 1.94 bits per heavy atom. The van der Waals surface area contributed by atoms with E-state index in [4.69, 9.17) is 0 Å².